The molecule has 0 amide bonds. The first-order chi connectivity index (χ1) is 5.29. The maximum absolute atomic E-state index is 8.94. The molecule has 11 heavy (non-hydrogen) atoms. The van der Waals surface area contributed by atoms with Crippen molar-refractivity contribution < 1.29 is 5.11 Å². The van der Waals surface area contributed by atoms with Gasteiger partial charge in [-0.15, -0.1) is 0 Å². The molecule has 0 aliphatic rings. The third-order valence-electron chi connectivity index (χ3n) is 1.90. The summed E-state index contributed by atoms with van der Waals surface area (Å²) in [5.41, 5.74) is 2.25. The zero-order chi connectivity index (χ0) is 8.27. The van der Waals surface area contributed by atoms with E-state index in [0.717, 1.165) is 18.7 Å². The molecule has 0 saturated heterocycles. The molecule has 0 fully saturated rings. The van der Waals surface area contributed by atoms with E-state index in [1.165, 1.54) is 5.69 Å². The lowest BCUT2D eigenvalue weighted by atomic mass is 10.4. The normalized spacial score (nSPS) is 10.5. The highest BCUT2D eigenvalue weighted by atomic mass is 16.3. The van der Waals surface area contributed by atoms with E-state index in [1.807, 2.05) is 12.1 Å². The molecule has 2 heteroatoms. The minimum atomic E-state index is 0.147. The van der Waals surface area contributed by atoms with E-state index in [-0.39, 0.29) is 6.61 Å². The lowest BCUT2D eigenvalue weighted by Gasteiger charge is -2.07. The molecule has 0 atom stereocenters. The summed E-state index contributed by atoms with van der Waals surface area (Å²) in [5, 5.41) is 8.94. The largest absolute Gasteiger partial charge is 0.390 e. The number of aliphatic hydroxyl groups is 1. The topological polar surface area (TPSA) is 25.2 Å². The summed E-state index contributed by atoms with van der Waals surface area (Å²) in [6.07, 6.45) is 1.11. The van der Waals surface area contributed by atoms with Crippen molar-refractivity contribution >= 4 is 0 Å². The molecule has 1 N–H and O–H groups in total. The number of aliphatic hydroxyl groups excluding tert-OH is 1. The van der Waals surface area contributed by atoms with Gasteiger partial charge in [0.15, 0.2) is 0 Å². The summed E-state index contributed by atoms with van der Waals surface area (Å²) < 4.78 is 2.15. The Hall–Kier alpha value is -0.760. The fourth-order valence-corrected chi connectivity index (χ4v) is 1.30. The van der Waals surface area contributed by atoms with Gasteiger partial charge in [-0.25, -0.2) is 0 Å². The van der Waals surface area contributed by atoms with Gasteiger partial charge in [0.25, 0.3) is 0 Å². The molecule has 2 nitrogen and oxygen atoms in total. The van der Waals surface area contributed by atoms with Gasteiger partial charge in [0.05, 0.1) is 6.61 Å². The van der Waals surface area contributed by atoms with Crippen molar-refractivity contribution in [3.63, 3.8) is 0 Å². The molecule has 0 aliphatic carbocycles. The van der Waals surface area contributed by atoms with Gasteiger partial charge in [-0.2, -0.15) is 0 Å². The molecule has 0 spiro atoms. The third kappa shape index (κ3) is 1.63. The Morgan fingerprint density at radius 1 is 1.45 bits per heavy atom. The lowest BCUT2D eigenvalue weighted by molar-refractivity contribution is 0.270. The standard InChI is InChI=1S/C9H15NO/c1-3-6-10-8(2)4-5-9(10)7-11/h4-5,11H,3,6-7H2,1-2H3. The highest BCUT2D eigenvalue weighted by Gasteiger charge is 2.01. The van der Waals surface area contributed by atoms with Crippen LogP contribution < -0.4 is 0 Å². The Kier molecular flexibility index (Phi) is 2.71. The smallest absolute Gasteiger partial charge is 0.0832 e. The summed E-state index contributed by atoms with van der Waals surface area (Å²) in [5.74, 6) is 0. The molecule has 1 heterocycles. The lowest BCUT2D eigenvalue weighted by Crippen LogP contribution is -2.03. The van der Waals surface area contributed by atoms with Crippen LogP contribution in [0.5, 0.6) is 0 Å². The third-order valence-corrected chi connectivity index (χ3v) is 1.90. The molecule has 62 valence electrons. The molecule has 0 aliphatic heterocycles. The summed E-state index contributed by atoms with van der Waals surface area (Å²) >= 11 is 0. The van der Waals surface area contributed by atoms with Crippen LogP contribution in [-0.2, 0) is 13.2 Å². The van der Waals surface area contributed by atoms with Gasteiger partial charge in [-0.1, -0.05) is 6.92 Å². The average molecular weight is 153 g/mol. The van der Waals surface area contributed by atoms with Crippen LogP contribution in [0.4, 0.5) is 0 Å². The van der Waals surface area contributed by atoms with E-state index in [4.69, 9.17) is 5.11 Å². The molecule has 1 aromatic rings. The summed E-state index contributed by atoms with van der Waals surface area (Å²) in [4.78, 5) is 0. The first kappa shape index (κ1) is 8.34. The van der Waals surface area contributed by atoms with E-state index in [9.17, 15) is 0 Å². The summed E-state index contributed by atoms with van der Waals surface area (Å²) in [6.45, 7) is 5.36. The molecule has 0 bridgehead atoms. The second-order valence-electron chi connectivity index (χ2n) is 2.78. The monoisotopic (exact) mass is 153 g/mol. The van der Waals surface area contributed by atoms with Crippen LogP contribution in [-0.4, -0.2) is 9.67 Å². The van der Waals surface area contributed by atoms with Crippen molar-refractivity contribution in [2.75, 3.05) is 0 Å². The van der Waals surface area contributed by atoms with Gasteiger partial charge in [-0.3, -0.25) is 0 Å². The average Bonchev–Trinajstić information content (AvgIpc) is 2.34. The Labute approximate surface area is 67.5 Å². The van der Waals surface area contributed by atoms with Gasteiger partial charge < -0.3 is 9.67 Å². The van der Waals surface area contributed by atoms with Crippen LogP contribution in [0.2, 0.25) is 0 Å². The minimum Gasteiger partial charge on any atom is -0.390 e. The number of aryl methyl sites for hydroxylation is 1. The Morgan fingerprint density at radius 2 is 2.18 bits per heavy atom. The fourth-order valence-electron chi connectivity index (χ4n) is 1.30. The van der Waals surface area contributed by atoms with E-state index in [2.05, 4.69) is 18.4 Å². The highest BCUT2D eigenvalue weighted by molar-refractivity contribution is 5.14. The SMILES string of the molecule is CCCn1c(C)ccc1CO. The first-order valence-electron chi connectivity index (χ1n) is 4.05. The summed E-state index contributed by atoms with van der Waals surface area (Å²) in [6, 6.07) is 4.02. The minimum absolute atomic E-state index is 0.147. The zero-order valence-corrected chi connectivity index (χ0v) is 7.17. The second-order valence-corrected chi connectivity index (χ2v) is 2.78. The van der Waals surface area contributed by atoms with Crippen molar-refractivity contribution in [2.45, 2.75) is 33.4 Å². The van der Waals surface area contributed by atoms with E-state index >= 15 is 0 Å². The van der Waals surface area contributed by atoms with Crippen LogP contribution in [0.25, 0.3) is 0 Å². The van der Waals surface area contributed by atoms with Crippen molar-refractivity contribution in [3.05, 3.63) is 23.5 Å². The molecule has 1 aromatic heterocycles. The van der Waals surface area contributed by atoms with Gasteiger partial charge in [-0.05, 0) is 25.5 Å². The van der Waals surface area contributed by atoms with Crippen LogP contribution in [0.1, 0.15) is 24.7 Å². The van der Waals surface area contributed by atoms with E-state index in [0.29, 0.717) is 0 Å². The van der Waals surface area contributed by atoms with Gasteiger partial charge in [0, 0.05) is 17.9 Å². The van der Waals surface area contributed by atoms with Crippen LogP contribution >= 0.6 is 0 Å². The molecular formula is C9H15NO. The molecular weight excluding hydrogens is 138 g/mol. The predicted molar refractivity (Wildman–Crippen MR) is 45.4 cm³/mol. The van der Waals surface area contributed by atoms with Crippen LogP contribution in [0.15, 0.2) is 12.1 Å². The van der Waals surface area contributed by atoms with Gasteiger partial charge in [0.1, 0.15) is 0 Å². The van der Waals surface area contributed by atoms with Crippen LogP contribution in [0, 0.1) is 6.92 Å². The highest BCUT2D eigenvalue weighted by Crippen LogP contribution is 2.08. The predicted octanol–water partition coefficient (Wildman–Crippen LogP) is 1.70. The number of nitrogens with zero attached hydrogens (tertiary/aromatic N) is 1. The van der Waals surface area contributed by atoms with Crippen molar-refractivity contribution in [3.8, 4) is 0 Å². The van der Waals surface area contributed by atoms with Crippen LogP contribution in [0.3, 0.4) is 0 Å². The summed E-state index contributed by atoms with van der Waals surface area (Å²) in [7, 11) is 0. The van der Waals surface area contributed by atoms with Crippen molar-refractivity contribution in [1.29, 1.82) is 0 Å². The maximum Gasteiger partial charge on any atom is 0.0832 e. The van der Waals surface area contributed by atoms with Gasteiger partial charge >= 0.3 is 0 Å². The second kappa shape index (κ2) is 3.58. The van der Waals surface area contributed by atoms with E-state index in [1.54, 1.807) is 0 Å². The molecule has 0 aromatic carbocycles. The number of aromatic nitrogens is 1. The fraction of sp³-hybridized carbons (Fsp3) is 0.556. The molecule has 0 saturated carbocycles. The maximum atomic E-state index is 8.94. The van der Waals surface area contributed by atoms with Crippen molar-refractivity contribution in [2.24, 2.45) is 0 Å². The number of rotatable bonds is 3. The number of hydrogen-bond donors (Lipinski definition) is 1. The Bertz CT molecular complexity index is 227. The molecule has 0 unspecified atom stereocenters. The Balaban J connectivity index is 2.88. The first-order valence-corrected chi connectivity index (χ1v) is 4.05. The van der Waals surface area contributed by atoms with Gasteiger partial charge in [0.2, 0.25) is 0 Å². The van der Waals surface area contributed by atoms with Crippen molar-refractivity contribution in [1.82, 2.24) is 4.57 Å². The zero-order valence-electron chi connectivity index (χ0n) is 7.17. The Morgan fingerprint density at radius 3 is 2.73 bits per heavy atom. The molecule has 0 radical (unpaired) electrons. The quantitative estimate of drug-likeness (QED) is 0.702. The van der Waals surface area contributed by atoms with E-state index < -0.39 is 0 Å². The number of hydrogen-bond acceptors (Lipinski definition) is 1. The molecule has 1 rings (SSSR count).